The summed E-state index contributed by atoms with van der Waals surface area (Å²) < 4.78 is 1.87. The quantitative estimate of drug-likeness (QED) is 0.880. The van der Waals surface area contributed by atoms with Crippen molar-refractivity contribution in [2.24, 2.45) is 5.41 Å². The average Bonchev–Trinajstić information content (AvgIpc) is 2.89. The predicted octanol–water partition coefficient (Wildman–Crippen LogP) is 3.55. The van der Waals surface area contributed by atoms with Gasteiger partial charge in [-0.1, -0.05) is 37.8 Å². The highest BCUT2D eigenvalue weighted by atomic mass is 35.5. The third-order valence-corrected chi connectivity index (χ3v) is 4.62. The van der Waals surface area contributed by atoms with E-state index in [1.807, 2.05) is 10.7 Å². The third-order valence-electron chi connectivity index (χ3n) is 4.38. The van der Waals surface area contributed by atoms with Crippen LogP contribution in [0.5, 0.6) is 0 Å². The monoisotopic (exact) mass is 305 g/mol. The van der Waals surface area contributed by atoms with Gasteiger partial charge in [-0.15, -0.1) is 5.10 Å². The average molecular weight is 306 g/mol. The summed E-state index contributed by atoms with van der Waals surface area (Å²) in [6, 6.07) is 5.39. The second-order valence-corrected chi connectivity index (χ2v) is 6.70. The van der Waals surface area contributed by atoms with Crippen LogP contribution in [0.2, 0.25) is 5.02 Å². The number of aromatic nitrogens is 4. The van der Waals surface area contributed by atoms with Gasteiger partial charge in [0.25, 0.3) is 0 Å². The molecule has 1 aromatic carbocycles. The molecule has 112 valence electrons. The molecule has 5 nitrogen and oxygen atoms in total. The Labute approximate surface area is 129 Å². The minimum Gasteiger partial charge on any atom is -0.398 e. The molecule has 0 bridgehead atoms. The van der Waals surface area contributed by atoms with Gasteiger partial charge in [0.1, 0.15) is 0 Å². The Morgan fingerprint density at radius 2 is 2.05 bits per heavy atom. The van der Waals surface area contributed by atoms with E-state index in [2.05, 4.69) is 22.4 Å². The molecule has 1 aromatic heterocycles. The van der Waals surface area contributed by atoms with Crippen molar-refractivity contribution in [3.8, 4) is 11.4 Å². The highest BCUT2D eigenvalue weighted by molar-refractivity contribution is 6.31. The zero-order chi connectivity index (χ0) is 14.9. The fourth-order valence-electron chi connectivity index (χ4n) is 3.15. The Kier molecular flexibility index (Phi) is 3.85. The number of benzene rings is 1. The number of hydrogen-bond donors (Lipinski definition) is 1. The SMILES string of the molecule is CC1(Cn2nnnc2-c2cc(Cl)ccc2N)CCCCC1. The van der Waals surface area contributed by atoms with E-state index in [0.717, 1.165) is 12.1 Å². The summed E-state index contributed by atoms with van der Waals surface area (Å²) in [6.45, 7) is 3.14. The maximum Gasteiger partial charge on any atom is 0.184 e. The van der Waals surface area contributed by atoms with Gasteiger partial charge in [0.2, 0.25) is 0 Å². The summed E-state index contributed by atoms with van der Waals surface area (Å²) in [6.07, 6.45) is 6.34. The normalized spacial score (nSPS) is 17.8. The summed E-state index contributed by atoms with van der Waals surface area (Å²) in [5, 5.41) is 12.8. The van der Waals surface area contributed by atoms with Gasteiger partial charge >= 0.3 is 0 Å². The highest BCUT2D eigenvalue weighted by Gasteiger charge is 2.29. The van der Waals surface area contributed by atoms with Crippen LogP contribution in [0.25, 0.3) is 11.4 Å². The van der Waals surface area contributed by atoms with Gasteiger partial charge in [-0.25, -0.2) is 4.68 Å². The van der Waals surface area contributed by atoms with Crippen LogP contribution >= 0.6 is 11.6 Å². The van der Waals surface area contributed by atoms with Crippen molar-refractivity contribution in [1.82, 2.24) is 20.2 Å². The molecule has 0 amide bonds. The van der Waals surface area contributed by atoms with Crippen LogP contribution in [0.4, 0.5) is 5.69 Å². The van der Waals surface area contributed by atoms with E-state index in [0.29, 0.717) is 16.5 Å². The lowest BCUT2D eigenvalue weighted by molar-refractivity contribution is 0.175. The zero-order valence-corrected chi connectivity index (χ0v) is 13.0. The first kappa shape index (κ1) is 14.3. The van der Waals surface area contributed by atoms with Crippen LogP contribution < -0.4 is 5.73 Å². The summed E-state index contributed by atoms with van der Waals surface area (Å²) in [5.41, 5.74) is 7.75. The van der Waals surface area contributed by atoms with Gasteiger partial charge in [-0.05, 0) is 46.9 Å². The second-order valence-electron chi connectivity index (χ2n) is 6.26. The molecule has 2 N–H and O–H groups in total. The van der Waals surface area contributed by atoms with E-state index in [-0.39, 0.29) is 5.41 Å². The number of tetrazole rings is 1. The molecule has 21 heavy (non-hydrogen) atoms. The Balaban J connectivity index is 1.92. The van der Waals surface area contributed by atoms with Gasteiger partial charge in [0.15, 0.2) is 5.82 Å². The second kappa shape index (κ2) is 5.64. The van der Waals surface area contributed by atoms with E-state index in [9.17, 15) is 0 Å². The predicted molar refractivity (Wildman–Crippen MR) is 83.9 cm³/mol. The third kappa shape index (κ3) is 3.02. The number of rotatable bonds is 3. The van der Waals surface area contributed by atoms with Crippen molar-refractivity contribution in [2.75, 3.05) is 5.73 Å². The molecule has 1 saturated carbocycles. The molecule has 1 aliphatic carbocycles. The van der Waals surface area contributed by atoms with Crippen LogP contribution in [0.3, 0.4) is 0 Å². The molecule has 1 aliphatic rings. The van der Waals surface area contributed by atoms with Gasteiger partial charge < -0.3 is 5.73 Å². The molecule has 0 atom stereocenters. The molecule has 2 aromatic rings. The topological polar surface area (TPSA) is 69.6 Å². The molecule has 0 unspecified atom stereocenters. The van der Waals surface area contributed by atoms with E-state index in [1.165, 1.54) is 32.1 Å². The fraction of sp³-hybridized carbons (Fsp3) is 0.533. The number of nitrogens with two attached hydrogens (primary N) is 1. The number of nitrogens with zero attached hydrogens (tertiary/aromatic N) is 4. The molecule has 1 fully saturated rings. The lowest BCUT2D eigenvalue weighted by Gasteiger charge is -2.33. The van der Waals surface area contributed by atoms with E-state index >= 15 is 0 Å². The van der Waals surface area contributed by atoms with Crippen LogP contribution in [0.15, 0.2) is 18.2 Å². The molecule has 6 heteroatoms. The molecule has 0 aliphatic heterocycles. The minimum absolute atomic E-state index is 0.260. The van der Waals surface area contributed by atoms with Crippen molar-refractivity contribution < 1.29 is 0 Å². The molecule has 0 saturated heterocycles. The number of hydrogen-bond acceptors (Lipinski definition) is 4. The van der Waals surface area contributed by atoms with Crippen molar-refractivity contribution in [1.29, 1.82) is 0 Å². The van der Waals surface area contributed by atoms with Gasteiger partial charge in [0.05, 0.1) is 6.54 Å². The van der Waals surface area contributed by atoms with E-state index < -0.39 is 0 Å². The molecule has 3 rings (SSSR count). The Morgan fingerprint density at radius 1 is 1.29 bits per heavy atom. The van der Waals surface area contributed by atoms with Gasteiger partial charge in [-0.2, -0.15) is 0 Å². The van der Waals surface area contributed by atoms with Crippen molar-refractivity contribution in [2.45, 2.75) is 45.6 Å². The zero-order valence-electron chi connectivity index (χ0n) is 12.2. The Hall–Kier alpha value is -1.62. The van der Waals surface area contributed by atoms with Crippen LogP contribution in [-0.4, -0.2) is 20.2 Å². The van der Waals surface area contributed by atoms with E-state index in [1.54, 1.807) is 12.1 Å². The maximum absolute atomic E-state index is 6.07. The fourth-order valence-corrected chi connectivity index (χ4v) is 3.32. The first-order valence-corrected chi connectivity index (χ1v) is 7.77. The van der Waals surface area contributed by atoms with Crippen molar-refractivity contribution in [3.05, 3.63) is 23.2 Å². The van der Waals surface area contributed by atoms with Crippen LogP contribution in [0, 0.1) is 5.41 Å². The van der Waals surface area contributed by atoms with Crippen LogP contribution in [-0.2, 0) is 6.54 Å². The van der Waals surface area contributed by atoms with Gasteiger partial charge in [-0.3, -0.25) is 0 Å². The van der Waals surface area contributed by atoms with E-state index in [4.69, 9.17) is 17.3 Å². The lowest BCUT2D eigenvalue weighted by atomic mass is 9.76. The van der Waals surface area contributed by atoms with Crippen molar-refractivity contribution in [3.63, 3.8) is 0 Å². The molecular weight excluding hydrogens is 286 g/mol. The summed E-state index contributed by atoms with van der Waals surface area (Å²) in [7, 11) is 0. The number of halogens is 1. The smallest absolute Gasteiger partial charge is 0.184 e. The highest BCUT2D eigenvalue weighted by Crippen LogP contribution is 2.38. The standard InChI is InChI=1S/C15H20ClN5/c1-15(7-3-2-4-8-15)10-21-14(18-19-20-21)12-9-11(16)5-6-13(12)17/h5-6,9H,2-4,7-8,10,17H2,1H3. The Morgan fingerprint density at radius 3 is 2.81 bits per heavy atom. The first-order chi connectivity index (χ1) is 10.1. The van der Waals surface area contributed by atoms with Crippen LogP contribution in [0.1, 0.15) is 39.0 Å². The van der Waals surface area contributed by atoms with Crippen molar-refractivity contribution >= 4 is 17.3 Å². The minimum atomic E-state index is 0.260. The molecule has 1 heterocycles. The molecule has 0 spiro atoms. The number of anilines is 1. The Bertz CT molecular complexity index is 631. The largest absolute Gasteiger partial charge is 0.398 e. The van der Waals surface area contributed by atoms with Gasteiger partial charge in [0, 0.05) is 16.3 Å². The summed E-state index contributed by atoms with van der Waals surface area (Å²) in [5.74, 6) is 0.696. The lowest BCUT2D eigenvalue weighted by Crippen LogP contribution is -2.27. The first-order valence-electron chi connectivity index (χ1n) is 7.39. The summed E-state index contributed by atoms with van der Waals surface area (Å²) >= 11 is 6.07. The number of nitrogen functional groups attached to an aromatic ring is 1. The molecule has 0 radical (unpaired) electrons. The maximum atomic E-state index is 6.07. The summed E-state index contributed by atoms with van der Waals surface area (Å²) in [4.78, 5) is 0. The molecular formula is C15H20ClN5.